The largest absolute Gasteiger partial charge is 0.370 e. The van der Waals surface area contributed by atoms with E-state index >= 15 is 0 Å². The average Bonchev–Trinajstić information content (AvgIpc) is 3.33. The number of anilines is 2. The molecule has 0 atom stereocenters. The Morgan fingerprint density at radius 2 is 1.90 bits per heavy atom. The second-order valence-corrected chi connectivity index (χ2v) is 6.15. The van der Waals surface area contributed by atoms with E-state index in [-0.39, 0.29) is 10.6 Å². The highest BCUT2D eigenvalue weighted by molar-refractivity contribution is 5.56. The molecule has 0 spiro atoms. The number of aromatic nitrogens is 1. The van der Waals surface area contributed by atoms with Crippen molar-refractivity contribution >= 4 is 17.3 Å². The summed E-state index contributed by atoms with van der Waals surface area (Å²) < 4.78 is 0. The molecule has 21 heavy (non-hydrogen) atoms. The van der Waals surface area contributed by atoms with Crippen LogP contribution in [0.25, 0.3) is 0 Å². The van der Waals surface area contributed by atoms with Gasteiger partial charge in [-0.05, 0) is 44.4 Å². The standard InChI is InChI=1S/C15H22N4O2/c1-2-16-14-7-13(19(20)21)8-15(17-14)18(9-11-3-4-11)10-12-5-6-12/h7-8,11-12H,2-6,9-10H2,1H3,(H,16,17). The number of nitrogens with zero attached hydrogens (tertiary/aromatic N) is 3. The van der Waals surface area contributed by atoms with Gasteiger partial charge in [-0.25, -0.2) is 4.98 Å². The second-order valence-electron chi connectivity index (χ2n) is 6.15. The molecule has 0 amide bonds. The van der Waals surface area contributed by atoms with Crippen molar-refractivity contribution in [1.29, 1.82) is 0 Å². The number of rotatable bonds is 8. The zero-order chi connectivity index (χ0) is 14.8. The van der Waals surface area contributed by atoms with Crippen molar-refractivity contribution in [3.8, 4) is 0 Å². The highest BCUT2D eigenvalue weighted by Crippen LogP contribution is 2.36. The Labute approximate surface area is 124 Å². The van der Waals surface area contributed by atoms with Crippen LogP contribution in [-0.2, 0) is 0 Å². The van der Waals surface area contributed by atoms with Crippen LogP contribution >= 0.6 is 0 Å². The fourth-order valence-corrected chi connectivity index (χ4v) is 2.53. The molecule has 2 aliphatic carbocycles. The molecular weight excluding hydrogens is 268 g/mol. The summed E-state index contributed by atoms with van der Waals surface area (Å²) in [5.74, 6) is 2.83. The first-order valence-corrected chi connectivity index (χ1v) is 7.81. The lowest BCUT2D eigenvalue weighted by Gasteiger charge is -2.24. The molecule has 0 saturated heterocycles. The third kappa shape index (κ3) is 3.83. The number of pyridine rings is 1. The molecule has 114 valence electrons. The summed E-state index contributed by atoms with van der Waals surface area (Å²) in [6.07, 6.45) is 5.10. The molecule has 6 heteroatoms. The Kier molecular flexibility index (Phi) is 3.94. The van der Waals surface area contributed by atoms with Crippen LogP contribution in [0.15, 0.2) is 12.1 Å². The lowest BCUT2D eigenvalue weighted by Crippen LogP contribution is -2.29. The molecule has 0 aromatic carbocycles. The van der Waals surface area contributed by atoms with Gasteiger partial charge in [-0.3, -0.25) is 10.1 Å². The van der Waals surface area contributed by atoms with Gasteiger partial charge in [0.1, 0.15) is 11.6 Å². The third-order valence-corrected chi connectivity index (χ3v) is 4.04. The third-order valence-electron chi connectivity index (χ3n) is 4.04. The quantitative estimate of drug-likeness (QED) is 0.588. The average molecular weight is 290 g/mol. The maximum Gasteiger partial charge on any atom is 0.276 e. The molecule has 0 unspecified atom stereocenters. The summed E-state index contributed by atoms with van der Waals surface area (Å²) >= 11 is 0. The van der Waals surface area contributed by atoms with Crippen LogP contribution < -0.4 is 10.2 Å². The van der Waals surface area contributed by atoms with E-state index in [2.05, 4.69) is 15.2 Å². The maximum atomic E-state index is 11.1. The van der Waals surface area contributed by atoms with Gasteiger partial charge in [0.2, 0.25) is 0 Å². The molecule has 0 radical (unpaired) electrons. The topological polar surface area (TPSA) is 71.3 Å². The zero-order valence-corrected chi connectivity index (χ0v) is 12.4. The Balaban J connectivity index is 1.85. The van der Waals surface area contributed by atoms with Crippen LogP contribution in [0.4, 0.5) is 17.3 Å². The van der Waals surface area contributed by atoms with E-state index in [1.165, 1.54) is 31.7 Å². The Morgan fingerprint density at radius 1 is 1.29 bits per heavy atom. The zero-order valence-electron chi connectivity index (χ0n) is 12.4. The van der Waals surface area contributed by atoms with Crippen LogP contribution in [0.3, 0.4) is 0 Å². The molecule has 0 bridgehead atoms. The number of hydrogen-bond donors (Lipinski definition) is 1. The van der Waals surface area contributed by atoms with Gasteiger partial charge in [0.25, 0.3) is 5.69 Å². The van der Waals surface area contributed by atoms with E-state index < -0.39 is 0 Å². The molecule has 3 rings (SSSR count). The monoisotopic (exact) mass is 290 g/mol. The highest BCUT2D eigenvalue weighted by atomic mass is 16.6. The molecule has 2 aliphatic rings. The van der Waals surface area contributed by atoms with Crippen molar-refractivity contribution < 1.29 is 4.92 Å². The van der Waals surface area contributed by atoms with Crippen molar-refractivity contribution in [2.45, 2.75) is 32.6 Å². The Bertz CT molecular complexity index is 512. The lowest BCUT2D eigenvalue weighted by molar-refractivity contribution is -0.384. The van der Waals surface area contributed by atoms with Gasteiger partial charge in [-0.1, -0.05) is 0 Å². The van der Waals surface area contributed by atoms with Crippen LogP contribution in [0.2, 0.25) is 0 Å². The predicted molar refractivity (Wildman–Crippen MR) is 82.7 cm³/mol. The SMILES string of the molecule is CCNc1cc([N+](=O)[O-])cc(N(CC2CC2)CC2CC2)n1. The summed E-state index contributed by atoms with van der Waals surface area (Å²) in [5, 5.41) is 14.2. The minimum absolute atomic E-state index is 0.118. The molecule has 1 heterocycles. The van der Waals surface area contributed by atoms with E-state index in [1.54, 1.807) is 6.07 Å². The minimum atomic E-state index is -0.335. The van der Waals surface area contributed by atoms with E-state index in [0.717, 1.165) is 30.7 Å². The lowest BCUT2D eigenvalue weighted by atomic mass is 10.2. The van der Waals surface area contributed by atoms with Crippen molar-refractivity contribution in [2.75, 3.05) is 29.9 Å². The minimum Gasteiger partial charge on any atom is -0.370 e. The molecule has 2 fully saturated rings. The van der Waals surface area contributed by atoms with Gasteiger partial charge in [0.05, 0.1) is 17.1 Å². The van der Waals surface area contributed by atoms with Gasteiger partial charge in [-0.2, -0.15) is 0 Å². The van der Waals surface area contributed by atoms with Crippen molar-refractivity contribution in [3.63, 3.8) is 0 Å². The molecule has 2 saturated carbocycles. The predicted octanol–water partition coefficient (Wildman–Crippen LogP) is 3.05. The number of nitro groups is 1. The van der Waals surface area contributed by atoms with Crippen LogP contribution in [-0.4, -0.2) is 29.5 Å². The normalized spacial score (nSPS) is 17.6. The molecule has 1 N–H and O–H groups in total. The molecule has 1 aromatic rings. The van der Waals surface area contributed by atoms with Gasteiger partial charge < -0.3 is 10.2 Å². The molecule has 1 aromatic heterocycles. The van der Waals surface area contributed by atoms with E-state index in [9.17, 15) is 10.1 Å². The van der Waals surface area contributed by atoms with E-state index in [1.807, 2.05) is 6.92 Å². The van der Waals surface area contributed by atoms with Crippen molar-refractivity contribution in [3.05, 3.63) is 22.2 Å². The highest BCUT2D eigenvalue weighted by Gasteiger charge is 2.30. The first kappa shape index (κ1) is 14.1. The molecule has 6 nitrogen and oxygen atoms in total. The summed E-state index contributed by atoms with van der Waals surface area (Å²) in [4.78, 5) is 17.6. The fourth-order valence-electron chi connectivity index (χ4n) is 2.53. The maximum absolute atomic E-state index is 11.1. The second kappa shape index (κ2) is 5.87. The summed E-state index contributed by atoms with van der Waals surface area (Å²) in [5.41, 5.74) is 0.118. The van der Waals surface area contributed by atoms with E-state index in [0.29, 0.717) is 12.4 Å². The van der Waals surface area contributed by atoms with Crippen molar-refractivity contribution in [2.24, 2.45) is 11.8 Å². The van der Waals surface area contributed by atoms with Crippen molar-refractivity contribution in [1.82, 2.24) is 4.98 Å². The summed E-state index contributed by atoms with van der Waals surface area (Å²) in [6, 6.07) is 3.13. The summed E-state index contributed by atoms with van der Waals surface area (Å²) in [7, 11) is 0. The van der Waals surface area contributed by atoms with Gasteiger partial charge >= 0.3 is 0 Å². The molecular formula is C15H22N4O2. The van der Waals surface area contributed by atoms with Gasteiger partial charge in [-0.15, -0.1) is 0 Å². The first-order chi connectivity index (χ1) is 10.2. The molecule has 0 aliphatic heterocycles. The van der Waals surface area contributed by atoms with Crippen LogP contribution in [0.5, 0.6) is 0 Å². The van der Waals surface area contributed by atoms with E-state index in [4.69, 9.17) is 0 Å². The number of nitrogens with one attached hydrogen (secondary N) is 1. The fraction of sp³-hybridized carbons (Fsp3) is 0.667. The Morgan fingerprint density at radius 3 is 2.38 bits per heavy atom. The Hall–Kier alpha value is -1.85. The first-order valence-electron chi connectivity index (χ1n) is 7.81. The van der Waals surface area contributed by atoms with Gasteiger partial charge in [0, 0.05) is 19.6 Å². The van der Waals surface area contributed by atoms with Crippen LogP contribution in [0, 0.1) is 22.0 Å². The van der Waals surface area contributed by atoms with Crippen LogP contribution in [0.1, 0.15) is 32.6 Å². The number of hydrogen-bond acceptors (Lipinski definition) is 5. The smallest absolute Gasteiger partial charge is 0.276 e. The summed E-state index contributed by atoms with van der Waals surface area (Å²) in [6.45, 7) is 4.64. The van der Waals surface area contributed by atoms with Gasteiger partial charge in [0.15, 0.2) is 0 Å².